The third-order valence-corrected chi connectivity index (χ3v) is 3.86. The van der Waals surface area contributed by atoms with Crippen LogP contribution in [-0.4, -0.2) is 11.7 Å². The van der Waals surface area contributed by atoms with Crippen molar-refractivity contribution in [3.05, 3.63) is 54.6 Å². The van der Waals surface area contributed by atoms with Crippen LogP contribution in [0.15, 0.2) is 54.6 Å². The molecule has 0 amide bonds. The van der Waals surface area contributed by atoms with Crippen LogP contribution in [0, 0.1) is 0 Å². The first kappa shape index (κ1) is 18.3. The summed E-state index contributed by atoms with van der Waals surface area (Å²) in [5, 5.41) is 6.90. The van der Waals surface area contributed by atoms with Gasteiger partial charge in [0, 0.05) is 11.4 Å². The Morgan fingerprint density at radius 3 is 2.12 bits per heavy atom. The molecule has 0 aromatic heterocycles. The van der Waals surface area contributed by atoms with Gasteiger partial charge in [-0.25, -0.2) is 0 Å². The largest absolute Gasteiger partial charge is 0.494 e. The van der Waals surface area contributed by atoms with Crippen molar-refractivity contribution in [1.29, 1.82) is 0 Å². The van der Waals surface area contributed by atoms with Crippen molar-refractivity contribution in [2.75, 3.05) is 17.2 Å². The number of unbranched alkanes of at least 4 members (excludes halogenated alkanes) is 4. The molecule has 2 N–H and O–H groups in total. The lowest BCUT2D eigenvalue weighted by atomic mass is 10.2. The zero-order valence-electron chi connectivity index (χ0n) is 14.3. The van der Waals surface area contributed by atoms with Crippen LogP contribution in [0.2, 0.25) is 0 Å². The van der Waals surface area contributed by atoms with Gasteiger partial charge in [-0.15, -0.1) is 0 Å². The Kier molecular flexibility index (Phi) is 8.11. The van der Waals surface area contributed by atoms with E-state index < -0.39 is 0 Å². The first-order valence-electron chi connectivity index (χ1n) is 8.64. The van der Waals surface area contributed by atoms with Gasteiger partial charge in [-0.1, -0.05) is 50.8 Å². The van der Waals surface area contributed by atoms with Gasteiger partial charge in [0.15, 0.2) is 5.11 Å². The number of nitrogens with one attached hydrogen (secondary N) is 2. The standard InChI is InChI=1S/C20H26N2OS/c1-2-3-4-5-9-16-23-19-14-12-18(13-15-19)22-20(24)21-17-10-7-6-8-11-17/h6-8,10-15H,2-5,9,16H2,1H3,(H2,21,22,24). The number of para-hydroxylation sites is 1. The van der Waals surface area contributed by atoms with Gasteiger partial charge in [-0.2, -0.15) is 0 Å². The summed E-state index contributed by atoms with van der Waals surface area (Å²) in [5.41, 5.74) is 1.91. The molecule has 0 spiro atoms. The van der Waals surface area contributed by atoms with Crippen LogP contribution in [0.25, 0.3) is 0 Å². The predicted molar refractivity (Wildman–Crippen MR) is 107 cm³/mol. The summed E-state index contributed by atoms with van der Waals surface area (Å²) in [6.07, 6.45) is 6.25. The van der Waals surface area contributed by atoms with E-state index in [2.05, 4.69) is 17.6 Å². The molecule has 4 heteroatoms. The predicted octanol–water partition coefficient (Wildman–Crippen LogP) is 5.84. The lowest BCUT2D eigenvalue weighted by Crippen LogP contribution is -2.18. The summed E-state index contributed by atoms with van der Waals surface area (Å²) < 4.78 is 5.77. The Hall–Kier alpha value is -2.07. The van der Waals surface area contributed by atoms with Crippen molar-refractivity contribution in [3.63, 3.8) is 0 Å². The van der Waals surface area contributed by atoms with Crippen molar-refractivity contribution in [2.24, 2.45) is 0 Å². The number of benzene rings is 2. The Labute approximate surface area is 150 Å². The molecule has 0 atom stereocenters. The normalized spacial score (nSPS) is 10.2. The highest BCUT2D eigenvalue weighted by Gasteiger charge is 2.00. The van der Waals surface area contributed by atoms with E-state index in [1.165, 1.54) is 25.7 Å². The van der Waals surface area contributed by atoms with Gasteiger partial charge < -0.3 is 15.4 Å². The maximum Gasteiger partial charge on any atom is 0.175 e. The highest BCUT2D eigenvalue weighted by Crippen LogP contribution is 2.17. The van der Waals surface area contributed by atoms with Crippen LogP contribution in [0.5, 0.6) is 5.75 Å². The zero-order valence-corrected chi connectivity index (χ0v) is 15.1. The van der Waals surface area contributed by atoms with Gasteiger partial charge in [0.2, 0.25) is 0 Å². The van der Waals surface area contributed by atoms with Gasteiger partial charge in [-0.05, 0) is 55.0 Å². The monoisotopic (exact) mass is 342 g/mol. The van der Waals surface area contributed by atoms with Gasteiger partial charge in [-0.3, -0.25) is 0 Å². The molecule has 0 aliphatic carbocycles. The van der Waals surface area contributed by atoms with E-state index in [4.69, 9.17) is 17.0 Å². The van der Waals surface area contributed by atoms with E-state index >= 15 is 0 Å². The molecule has 0 fully saturated rings. The third kappa shape index (κ3) is 7.01. The number of rotatable bonds is 9. The first-order valence-corrected chi connectivity index (χ1v) is 9.04. The minimum Gasteiger partial charge on any atom is -0.494 e. The maximum absolute atomic E-state index is 5.77. The fraction of sp³-hybridized carbons (Fsp3) is 0.350. The van der Waals surface area contributed by atoms with Crippen molar-refractivity contribution in [2.45, 2.75) is 39.0 Å². The van der Waals surface area contributed by atoms with Crippen LogP contribution in [0.4, 0.5) is 11.4 Å². The van der Waals surface area contributed by atoms with E-state index in [-0.39, 0.29) is 0 Å². The molecule has 0 bridgehead atoms. The molecular formula is C20H26N2OS. The van der Waals surface area contributed by atoms with E-state index in [0.29, 0.717) is 5.11 Å². The summed E-state index contributed by atoms with van der Waals surface area (Å²) in [6, 6.07) is 17.8. The average Bonchev–Trinajstić information content (AvgIpc) is 2.60. The van der Waals surface area contributed by atoms with Crippen LogP contribution in [0.1, 0.15) is 39.0 Å². The maximum atomic E-state index is 5.77. The fourth-order valence-corrected chi connectivity index (χ4v) is 2.58. The molecule has 128 valence electrons. The van der Waals surface area contributed by atoms with Crippen molar-refractivity contribution >= 4 is 28.7 Å². The van der Waals surface area contributed by atoms with E-state index in [1.807, 2.05) is 54.6 Å². The SMILES string of the molecule is CCCCCCCOc1ccc(NC(=S)Nc2ccccc2)cc1. The molecule has 0 radical (unpaired) electrons. The summed E-state index contributed by atoms with van der Waals surface area (Å²) >= 11 is 5.32. The highest BCUT2D eigenvalue weighted by atomic mass is 32.1. The van der Waals surface area contributed by atoms with Gasteiger partial charge >= 0.3 is 0 Å². The molecule has 0 saturated heterocycles. The van der Waals surface area contributed by atoms with Crippen LogP contribution >= 0.6 is 12.2 Å². The van der Waals surface area contributed by atoms with E-state index in [9.17, 15) is 0 Å². The smallest absolute Gasteiger partial charge is 0.175 e. The number of thiocarbonyl (C=S) groups is 1. The van der Waals surface area contributed by atoms with E-state index in [1.54, 1.807) is 0 Å². The second-order valence-corrected chi connectivity index (χ2v) is 6.14. The first-order chi connectivity index (χ1) is 11.8. The second kappa shape index (κ2) is 10.7. The molecule has 2 rings (SSSR count). The Morgan fingerprint density at radius 2 is 1.46 bits per heavy atom. The molecule has 0 aliphatic heterocycles. The Morgan fingerprint density at radius 1 is 0.833 bits per heavy atom. The molecule has 0 unspecified atom stereocenters. The highest BCUT2D eigenvalue weighted by molar-refractivity contribution is 7.80. The average molecular weight is 343 g/mol. The Balaban J connectivity index is 1.70. The van der Waals surface area contributed by atoms with Gasteiger partial charge in [0.1, 0.15) is 5.75 Å². The van der Waals surface area contributed by atoms with Crippen molar-refractivity contribution in [1.82, 2.24) is 0 Å². The lowest BCUT2D eigenvalue weighted by Gasteiger charge is -2.11. The van der Waals surface area contributed by atoms with Crippen molar-refractivity contribution in [3.8, 4) is 5.75 Å². The molecule has 24 heavy (non-hydrogen) atoms. The van der Waals surface area contributed by atoms with Crippen LogP contribution in [-0.2, 0) is 0 Å². The van der Waals surface area contributed by atoms with Crippen molar-refractivity contribution < 1.29 is 4.74 Å². The zero-order chi connectivity index (χ0) is 17.0. The number of hydrogen-bond acceptors (Lipinski definition) is 2. The summed E-state index contributed by atoms with van der Waals surface area (Å²) in [5.74, 6) is 0.901. The summed E-state index contributed by atoms with van der Waals surface area (Å²) in [7, 11) is 0. The van der Waals surface area contributed by atoms with Crippen LogP contribution in [0.3, 0.4) is 0 Å². The van der Waals surface area contributed by atoms with Gasteiger partial charge in [0.25, 0.3) is 0 Å². The molecule has 0 saturated carbocycles. The van der Waals surface area contributed by atoms with Gasteiger partial charge in [0.05, 0.1) is 6.61 Å². The molecule has 0 aliphatic rings. The molecule has 2 aromatic carbocycles. The minimum absolute atomic E-state index is 0.575. The quantitative estimate of drug-likeness (QED) is 0.443. The number of ether oxygens (including phenoxy) is 1. The fourth-order valence-electron chi connectivity index (χ4n) is 2.35. The summed E-state index contributed by atoms with van der Waals surface area (Å²) in [4.78, 5) is 0. The second-order valence-electron chi connectivity index (χ2n) is 5.73. The minimum atomic E-state index is 0.575. The Bertz CT molecular complexity index is 599. The molecule has 0 heterocycles. The molecule has 3 nitrogen and oxygen atoms in total. The lowest BCUT2D eigenvalue weighted by molar-refractivity contribution is 0.304. The topological polar surface area (TPSA) is 33.3 Å². The molecular weight excluding hydrogens is 316 g/mol. The van der Waals surface area contributed by atoms with Crippen LogP contribution < -0.4 is 15.4 Å². The molecule has 2 aromatic rings. The number of anilines is 2. The van der Waals surface area contributed by atoms with E-state index in [0.717, 1.165) is 30.2 Å². The number of hydrogen-bond donors (Lipinski definition) is 2. The third-order valence-electron chi connectivity index (χ3n) is 3.66. The summed E-state index contributed by atoms with van der Waals surface area (Å²) in [6.45, 7) is 3.01.